The van der Waals surface area contributed by atoms with Crippen LogP contribution in [0, 0.1) is 0 Å². The smallest absolute Gasteiger partial charge is 0.324 e. The van der Waals surface area contributed by atoms with Crippen molar-refractivity contribution in [1.82, 2.24) is 10.2 Å². The second-order valence-corrected chi connectivity index (χ2v) is 4.09. The van der Waals surface area contributed by atoms with Gasteiger partial charge in [0.2, 0.25) is 0 Å². The molecule has 5 nitrogen and oxygen atoms in total. The van der Waals surface area contributed by atoms with Crippen LogP contribution in [0.15, 0.2) is 0 Å². The Morgan fingerprint density at radius 1 is 1.54 bits per heavy atom. The lowest BCUT2D eigenvalue weighted by Gasteiger charge is -2.27. The molecule has 5 heteroatoms. The van der Waals surface area contributed by atoms with E-state index >= 15 is 0 Å². The van der Waals surface area contributed by atoms with Crippen LogP contribution in [0.25, 0.3) is 0 Å². The molecule has 1 saturated heterocycles. The van der Waals surface area contributed by atoms with Gasteiger partial charge in [0.15, 0.2) is 0 Å². The Labute approximate surface area is 77.3 Å². The maximum atomic E-state index is 11.2. The summed E-state index contributed by atoms with van der Waals surface area (Å²) in [5.41, 5.74) is 5.28. The molecule has 0 spiro atoms. The van der Waals surface area contributed by atoms with Gasteiger partial charge in [0, 0.05) is 12.1 Å². The minimum Gasteiger partial charge on any atom is -0.324 e. The van der Waals surface area contributed by atoms with Crippen LogP contribution in [0.3, 0.4) is 0 Å². The third-order valence-electron chi connectivity index (χ3n) is 1.92. The zero-order chi connectivity index (χ0) is 10.2. The number of nitrogens with zero attached hydrogens (tertiary/aromatic N) is 1. The van der Waals surface area contributed by atoms with Crippen molar-refractivity contribution in [2.75, 3.05) is 6.54 Å². The topological polar surface area (TPSA) is 75.4 Å². The molecule has 1 rings (SSSR count). The molecule has 0 bridgehead atoms. The number of imide groups is 1. The first-order valence-corrected chi connectivity index (χ1v) is 4.21. The molecule has 13 heavy (non-hydrogen) atoms. The lowest BCUT2D eigenvalue weighted by molar-refractivity contribution is -0.121. The first-order valence-electron chi connectivity index (χ1n) is 4.21. The Bertz CT molecular complexity index is 244. The molecular weight excluding hydrogens is 170 g/mol. The first-order chi connectivity index (χ1) is 5.81. The van der Waals surface area contributed by atoms with E-state index in [9.17, 15) is 9.59 Å². The maximum Gasteiger partial charge on any atom is 0.324 e. The molecule has 1 aliphatic rings. The first kappa shape index (κ1) is 9.98. The van der Waals surface area contributed by atoms with Crippen molar-refractivity contribution in [3.05, 3.63) is 0 Å². The normalized spacial score (nSPS) is 23.7. The highest BCUT2D eigenvalue weighted by atomic mass is 16.2. The van der Waals surface area contributed by atoms with Gasteiger partial charge in [-0.2, -0.15) is 0 Å². The minimum absolute atomic E-state index is 0.255. The zero-order valence-corrected chi connectivity index (χ0v) is 8.13. The summed E-state index contributed by atoms with van der Waals surface area (Å²) in [6.07, 6.45) is 0. The van der Waals surface area contributed by atoms with E-state index in [1.807, 2.05) is 13.8 Å². The Morgan fingerprint density at radius 3 is 2.38 bits per heavy atom. The highest BCUT2D eigenvalue weighted by molar-refractivity contribution is 6.03. The van der Waals surface area contributed by atoms with Gasteiger partial charge in [0.25, 0.3) is 5.91 Å². The van der Waals surface area contributed by atoms with Crippen LogP contribution < -0.4 is 11.1 Å². The number of carbonyl (C=O) groups is 2. The van der Waals surface area contributed by atoms with Gasteiger partial charge in [-0.1, -0.05) is 0 Å². The number of nitrogens with two attached hydrogens (primary N) is 1. The molecule has 74 valence electrons. The molecular formula is C8H15N3O2. The number of hydrogen-bond acceptors (Lipinski definition) is 3. The molecule has 1 heterocycles. The fourth-order valence-electron chi connectivity index (χ4n) is 1.25. The summed E-state index contributed by atoms with van der Waals surface area (Å²) in [7, 11) is 0. The maximum absolute atomic E-state index is 11.2. The van der Waals surface area contributed by atoms with E-state index in [0.717, 1.165) is 0 Å². The Hall–Kier alpha value is -1.10. The molecule has 0 aromatic heterocycles. The lowest BCUT2D eigenvalue weighted by Crippen LogP contribution is -2.48. The van der Waals surface area contributed by atoms with Crippen molar-refractivity contribution in [2.24, 2.45) is 5.73 Å². The van der Waals surface area contributed by atoms with Crippen LogP contribution in [0.2, 0.25) is 0 Å². The van der Waals surface area contributed by atoms with Crippen LogP contribution in [0.5, 0.6) is 0 Å². The van der Waals surface area contributed by atoms with Gasteiger partial charge in [-0.15, -0.1) is 0 Å². The summed E-state index contributed by atoms with van der Waals surface area (Å²) in [5, 5.41) is 2.23. The fraction of sp³-hybridized carbons (Fsp3) is 0.750. The van der Waals surface area contributed by atoms with Crippen molar-refractivity contribution < 1.29 is 9.59 Å². The van der Waals surface area contributed by atoms with Gasteiger partial charge in [0.1, 0.15) is 6.04 Å². The molecule has 1 unspecified atom stereocenters. The van der Waals surface area contributed by atoms with Gasteiger partial charge >= 0.3 is 6.03 Å². The summed E-state index contributed by atoms with van der Waals surface area (Å²) in [4.78, 5) is 23.7. The third-order valence-corrected chi connectivity index (χ3v) is 1.92. The second-order valence-electron chi connectivity index (χ2n) is 4.09. The standard InChI is InChI=1S/C8H15N3O2/c1-5-6(12)10-7(13)11(5)4-8(2,3)9/h5H,4,9H2,1-3H3,(H,10,12,13). The average Bonchev–Trinajstić information content (AvgIpc) is 2.14. The average molecular weight is 185 g/mol. The zero-order valence-electron chi connectivity index (χ0n) is 8.13. The summed E-state index contributed by atoms with van der Waals surface area (Å²) < 4.78 is 0. The third kappa shape index (κ3) is 2.18. The van der Waals surface area contributed by atoms with Crippen LogP contribution in [0.4, 0.5) is 4.79 Å². The SMILES string of the molecule is CC1C(=O)NC(=O)N1CC(C)(C)N. The van der Waals surface area contributed by atoms with Crippen molar-refractivity contribution in [1.29, 1.82) is 0 Å². The number of amides is 3. The summed E-state index contributed by atoms with van der Waals surface area (Å²) in [6, 6.07) is -0.758. The molecule has 0 saturated carbocycles. The van der Waals surface area contributed by atoms with E-state index in [2.05, 4.69) is 5.32 Å². The fourth-order valence-corrected chi connectivity index (χ4v) is 1.25. The van der Waals surface area contributed by atoms with Gasteiger partial charge in [-0.3, -0.25) is 10.1 Å². The van der Waals surface area contributed by atoms with E-state index < -0.39 is 11.6 Å². The molecule has 1 aliphatic heterocycles. The van der Waals surface area contributed by atoms with E-state index in [4.69, 9.17) is 5.73 Å². The summed E-state index contributed by atoms with van der Waals surface area (Å²) >= 11 is 0. The predicted molar refractivity (Wildman–Crippen MR) is 48.0 cm³/mol. The van der Waals surface area contributed by atoms with Crippen LogP contribution in [-0.2, 0) is 4.79 Å². The van der Waals surface area contributed by atoms with Crippen LogP contribution >= 0.6 is 0 Å². The van der Waals surface area contributed by atoms with Crippen molar-refractivity contribution in [2.45, 2.75) is 32.4 Å². The van der Waals surface area contributed by atoms with Crippen LogP contribution in [-0.4, -0.2) is 35.0 Å². The van der Waals surface area contributed by atoms with Crippen LogP contribution in [0.1, 0.15) is 20.8 Å². The Morgan fingerprint density at radius 2 is 2.08 bits per heavy atom. The predicted octanol–water partition coefficient (Wildman–Crippen LogP) is -0.336. The van der Waals surface area contributed by atoms with Gasteiger partial charge in [-0.25, -0.2) is 4.79 Å². The molecule has 0 aromatic rings. The number of carbonyl (C=O) groups excluding carboxylic acids is 2. The molecule has 3 N–H and O–H groups in total. The Balaban J connectivity index is 2.70. The highest BCUT2D eigenvalue weighted by Crippen LogP contribution is 2.11. The van der Waals surface area contributed by atoms with Crippen molar-refractivity contribution in [3.8, 4) is 0 Å². The summed E-state index contributed by atoms with van der Waals surface area (Å²) in [5.74, 6) is -0.255. The molecule has 3 amide bonds. The second kappa shape index (κ2) is 2.99. The molecule has 0 aliphatic carbocycles. The highest BCUT2D eigenvalue weighted by Gasteiger charge is 2.36. The van der Waals surface area contributed by atoms with E-state index in [-0.39, 0.29) is 11.9 Å². The molecule has 1 atom stereocenters. The van der Waals surface area contributed by atoms with Crippen molar-refractivity contribution >= 4 is 11.9 Å². The van der Waals surface area contributed by atoms with E-state index in [1.165, 1.54) is 4.90 Å². The van der Waals surface area contributed by atoms with Gasteiger partial charge in [-0.05, 0) is 20.8 Å². The molecule has 0 radical (unpaired) electrons. The monoisotopic (exact) mass is 185 g/mol. The van der Waals surface area contributed by atoms with Crippen molar-refractivity contribution in [3.63, 3.8) is 0 Å². The largest absolute Gasteiger partial charge is 0.324 e. The number of hydrogen-bond donors (Lipinski definition) is 2. The molecule has 1 fully saturated rings. The number of rotatable bonds is 2. The Kier molecular flexibility index (Phi) is 2.30. The lowest BCUT2D eigenvalue weighted by atomic mass is 10.1. The summed E-state index contributed by atoms with van der Waals surface area (Å²) in [6.45, 7) is 5.70. The van der Waals surface area contributed by atoms with Gasteiger partial charge < -0.3 is 10.6 Å². The van der Waals surface area contributed by atoms with E-state index in [1.54, 1.807) is 6.92 Å². The van der Waals surface area contributed by atoms with Gasteiger partial charge in [0.05, 0.1) is 0 Å². The minimum atomic E-state index is -0.476. The quantitative estimate of drug-likeness (QED) is 0.578. The molecule has 0 aromatic carbocycles. The number of urea groups is 1. The number of nitrogens with one attached hydrogen (secondary N) is 1. The van der Waals surface area contributed by atoms with E-state index in [0.29, 0.717) is 6.54 Å².